The van der Waals surface area contributed by atoms with Gasteiger partial charge in [-0.25, -0.2) is 0 Å². The van der Waals surface area contributed by atoms with Crippen LogP contribution in [-0.4, -0.2) is 37.6 Å². The van der Waals surface area contributed by atoms with Crippen molar-refractivity contribution in [1.82, 2.24) is 4.90 Å². The topological polar surface area (TPSA) is 55.6 Å². The Hall–Kier alpha value is -2.17. The van der Waals surface area contributed by atoms with Crippen LogP contribution in [0.25, 0.3) is 0 Å². The van der Waals surface area contributed by atoms with E-state index in [4.69, 9.17) is 10.5 Å². The molecular formula is C24H30N2O2. The number of rotatable bonds is 6. The Morgan fingerprint density at radius 2 is 1.82 bits per heavy atom. The number of hydrogen-bond acceptors (Lipinski definition) is 3. The summed E-state index contributed by atoms with van der Waals surface area (Å²) in [5.41, 5.74) is 8.31. The second kappa shape index (κ2) is 8.06. The molecule has 1 saturated carbocycles. The summed E-state index contributed by atoms with van der Waals surface area (Å²) in [6.45, 7) is 3.16. The number of methoxy groups -OCH3 is 1. The highest BCUT2D eigenvalue weighted by Gasteiger charge is 2.53. The van der Waals surface area contributed by atoms with Crippen molar-refractivity contribution in [2.75, 3.05) is 26.7 Å². The van der Waals surface area contributed by atoms with Crippen LogP contribution in [0.2, 0.25) is 0 Å². The van der Waals surface area contributed by atoms with Crippen molar-refractivity contribution in [3.8, 4) is 0 Å². The van der Waals surface area contributed by atoms with Crippen molar-refractivity contribution in [3.63, 3.8) is 0 Å². The molecule has 1 aliphatic carbocycles. The standard InChI is InChI=1S/C24H30N2O2/c1-28-24(20-10-5-9-19(15-20)23(25)27)21-11-6-12-22(24)17-26(16-21)14-13-18-7-3-2-4-8-18/h2-5,7-10,15,21-22H,6,11-14,16-17H2,1H3,(H2,25,27)/t21-,22+,24?. The van der Waals surface area contributed by atoms with Crippen molar-refractivity contribution in [2.24, 2.45) is 17.6 Å². The molecule has 2 aromatic carbocycles. The van der Waals surface area contributed by atoms with Gasteiger partial charge in [-0.2, -0.15) is 0 Å². The molecule has 0 spiro atoms. The van der Waals surface area contributed by atoms with Crippen molar-refractivity contribution in [2.45, 2.75) is 31.3 Å². The zero-order valence-corrected chi connectivity index (χ0v) is 16.6. The summed E-state index contributed by atoms with van der Waals surface area (Å²) >= 11 is 0. The lowest BCUT2D eigenvalue weighted by Gasteiger charge is -2.55. The lowest BCUT2D eigenvalue weighted by Crippen LogP contribution is -2.59. The van der Waals surface area contributed by atoms with Gasteiger partial charge in [0.25, 0.3) is 0 Å². The van der Waals surface area contributed by atoms with E-state index in [1.165, 1.54) is 12.0 Å². The highest BCUT2D eigenvalue weighted by Crippen LogP contribution is 2.51. The maximum absolute atomic E-state index is 11.7. The van der Waals surface area contributed by atoms with Gasteiger partial charge in [0.2, 0.25) is 5.91 Å². The van der Waals surface area contributed by atoms with Crippen LogP contribution in [0, 0.1) is 11.8 Å². The van der Waals surface area contributed by atoms with E-state index >= 15 is 0 Å². The molecule has 2 aliphatic rings. The minimum absolute atomic E-state index is 0.313. The highest BCUT2D eigenvalue weighted by molar-refractivity contribution is 5.92. The monoisotopic (exact) mass is 378 g/mol. The molecule has 0 radical (unpaired) electrons. The molecule has 1 unspecified atom stereocenters. The van der Waals surface area contributed by atoms with Crippen LogP contribution in [0.3, 0.4) is 0 Å². The number of amides is 1. The number of carbonyl (C=O) groups excluding carboxylic acids is 1. The molecule has 2 fully saturated rings. The number of ether oxygens (including phenoxy) is 1. The molecule has 1 heterocycles. The van der Waals surface area contributed by atoms with Crippen molar-refractivity contribution in [3.05, 3.63) is 71.3 Å². The van der Waals surface area contributed by atoms with Crippen LogP contribution < -0.4 is 5.73 Å². The van der Waals surface area contributed by atoms with E-state index in [-0.39, 0.29) is 11.5 Å². The number of nitrogens with zero attached hydrogens (tertiary/aromatic N) is 1. The third-order valence-corrected chi connectivity index (χ3v) is 6.77. The van der Waals surface area contributed by atoms with Gasteiger partial charge < -0.3 is 15.4 Å². The van der Waals surface area contributed by atoms with Gasteiger partial charge in [-0.1, -0.05) is 48.9 Å². The van der Waals surface area contributed by atoms with E-state index in [0.717, 1.165) is 44.5 Å². The van der Waals surface area contributed by atoms with Gasteiger partial charge in [0.15, 0.2) is 0 Å². The Labute approximate surface area is 167 Å². The molecule has 148 valence electrons. The van der Waals surface area contributed by atoms with E-state index in [0.29, 0.717) is 17.4 Å². The summed E-state index contributed by atoms with van der Waals surface area (Å²) in [5.74, 6) is 0.492. The Bertz CT molecular complexity index is 806. The molecule has 3 atom stereocenters. The van der Waals surface area contributed by atoms with Gasteiger partial charge in [0, 0.05) is 44.1 Å². The zero-order chi connectivity index (χ0) is 19.6. The number of nitrogens with two attached hydrogens (primary N) is 1. The summed E-state index contributed by atoms with van der Waals surface area (Å²) in [4.78, 5) is 14.3. The number of likely N-dealkylation sites (tertiary alicyclic amines) is 1. The molecular weight excluding hydrogens is 348 g/mol. The zero-order valence-electron chi connectivity index (χ0n) is 16.6. The Kier molecular flexibility index (Phi) is 5.51. The van der Waals surface area contributed by atoms with Crippen LogP contribution in [0.4, 0.5) is 0 Å². The van der Waals surface area contributed by atoms with Gasteiger partial charge in [0.05, 0.1) is 0 Å². The molecule has 1 aliphatic heterocycles. The van der Waals surface area contributed by atoms with Gasteiger partial charge in [0.1, 0.15) is 5.60 Å². The smallest absolute Gasteiger partial charge is 0.248 e. The number of carbonyl (C=O) groups is 1. The summed E-state index contributed by atoms with van der Waals surface area (Å²) in [6.07, 6.45) is 4.65. The fourth-order valence-corrected chi connectivity index (χ4v) is 5.48. The van der Waals surface area contributed by atoms with Crippen LogP contribution in [-0.2, 0) is 16.8 Å². The first-order valence-corrected chi connectivity index (χ1v) is 10.3. The first kappa shape index (κ1) is 19.2. The molecule has 4 nitrogen and oxygen atoms in total. The van der Waals surface area contributed by atoms with Crippen LogP contribution in [0.1, 0.15) is 40.7 Å². The largest absolute Gasteiger partial charge is 0.373 e. The number of hydrogen-bond donors (Lipinski definition) is 1. The van der Waals surface area contributed by atoms with Crippen molar-refractivity contribution < 1.29 is 9.53 Å². The number of primary amides is 1. The van der Waals surface area contributed by atoms with Crippen molar-refractivity contribution in [1.29, 1.82) is 0 Å². The average Bonchev–Trinajstić information content (AvgIpc) is 2.72. The number of piperidine rings is 1. The molecule has 28 heavy (non-hydrogen) atoms. The van der Waals surface area contributed by atoms with Gasteiger partial charge in [-0.3, -0.25) is 4.79 Å². The lowest BCUT2D eigenvalue weighted by molar-refractivity contribution is -0.168. The van der Waals surface area contributed by atoms with Crippen molar-refractivity contribution >= 4 is 5.91 Å². The molecule has 2 N–H and O–H groups in total. The maximum atomic E-state index is 11.7. The third kappa shape index (κ3) is 3.47. The van der Waals surface area contributed by atoms with E-state index in [1.54, 1.807) is 6.07 Å². The fourth-order valence-electron chi connectivity index (χ4n) is 5.48. The molecule has 4 heteroatoms. The lowest BCUT2D eigenvalue weighted by atomic mass is 9.62. The average molecular weight is 379 g/mol. The van der Waals surface area contributed by atoms with Gasteiger partial charge in [-0.15, -0.1) is 0 Å². The first-order valence-electron chi connectivity index (χ1n) is 10.3. The van der Waals surface area contributed by atoms with E-state index < -0.39 is 0 Å². The SMILES string of the molecule is COC1(c2cccc(C(N)=O)c2)[C@@H]2CCC[C@H]1CN(CCc1ccccc1)C2. The number of benzene rings is 2. The van der Waals surface area contributed by atoms with Crippen LogP contribution in [0.5, 0.6) is 0 Å². The summed E-state index contributed by atoms with van der Waals surface area (Å²) in [6, 6.07) is 18.5. The molecule has 1 amide bonds. The maximum Gasteiger partial charge on any atom is 0.248 e. The Balaban J connectivity index is 1.57. The second-order valence-corrected chi connectivity index (χ2v) is 8.26. The second-order valence-electron chi connectivity index (χ2n) is 8.26. The number of fused-ring (bicyclic) bond motifs is 2. The minimum Gasteiger partial charge on any atom is -0.373 e. The molecule has 2 bridgehead atoms. The summed E-state index contributed by atoms with van der Waals surface area (Å²) < 4.78 is 6.30. The molecule has 4 rings (SSSR count). The van der Waals surface area contributed by atoms with E-state index in [2.05, 4.69) is 41.3 Å². The van der Waals surface area contributed by atoms with E-state index in [1.807, 2.05) is 19.2 Å². The quantitative estimate of drug-likeness (QED) is 0.836. The third-order valence-electron chi connectivity index (χ3n) is 6.77. The predicted octanol–water partition coefficient (Wildman–Crippen LogP) is 3.60. The molecule has 0 aromatic heterocycles. The summed E-state index contributed by atoms with van der Waals surface area (Å²) in [5, 5.41) is 0. The summed E-state index contributed by atoms with van der Waals surface area (Å²) in [7, 11) is 1.84. The minimum atomic E-state index is -0.376. The normalized spacial score (nSPS) is 27.5. The molecule has 2 aromatic rings. The Morgan fingerprint density at radius 1 is 1.11 bits per heavy atom. The predicted molar refractivity (Wildman–Crippen MR) is 111 cm³/mol. The highest BCUT2D eigenvalue weighted by atomic mass is 16.5. The first-order chi connectivity index (χ1) is 13.6. The van der Waals surface area contributed by atoms with Gasteiger partial charge >= 0.3 is 0 Å². The molecule has 1 saturated heterocycles. The van der Waals surface area contributed by atoms with E-state index in [9.17, 15) is 4.79 Å². The van der Waals surface area contributed by atoms with Gasteiger partial charge in [-0.05, 0) is 42.5 Å². The van der Waals surface area contributed by atoms with Crippen LogP contribution >= 0.6 is 0 Å². The van der Waals surface area contributed by atoms with Crippen LogP contribution in [0.15, 0.2) is 54.6 Å². The fraction of sp³-hybridized carbons (Fsp3) is 0.458. The Morgan fingerprint density at radius 3 is 2.46 bits per heavy atom.